The van der Waals surface area contributed by atoms with Crippen LogP contribution in [0.25, 0.3) is 0 Å². The molecule has 2 aromatic heterocycles. The summed E-state index contributed by atoms with van der Waals surface area (Å²) >= 11 is 0. The van der Waals surface area contributed by atoms with Crippen molar-refractivity contribution in [3.63, 3.8) is 0 Å². The highest BCUT2D eigenvalue weighted by Gasteiger charge is 2.35. The highest BCUT2D eigenvalue weighted by molar-refractivity contribution is 6.01. The lowest BCUT2D eigenvalue weighted by atomic mass is 10.4. The van der Waals surface area contributed by atoms with Crippen LogP contribution in [0, 0.1) is 0 Å². The summed E-state index contributed by atoms with van der Waals surface area (Å²) in [4.78, 5) is 14.8. The topological polar surface area (TPSA) is 93.0 Å². The molecule has 0 radical (unpaired) electrons. The number of carbonyl (C=O) groups excluding carboxylic acids is 1. The van der Waals surface area contributed by atoms with Gasteiger partial charge in [-0.2, -0.15) is 18.2 Å². The summed E-state index contributed by atoms with van der Waals surface area (Å²) in [6.07, 6.45) is -4.66. The van der Waals surface area contributed by atoms with Gasteiger partial charge >= 0.3 is 6.18 Å². The van der Waals surface area contributed by atoms with E-state index in [1.165, 1.54) is 19.2 Å². The van der Waals surface area contributed by atoms with Crippen LogP contribution in [0.3, 0.4) is 0 Å². The second-order valence-corrected chi connectivity index (χ2v) is 3.66. The molecule has 7 nitrogen and oxygen atoms in total. The van der Waals surface area contributed by atoms with E-state index in [1.807, 2.05) is 0 Å². The third-order valence-corrected chi connectivity index (χ3v) is 2.15. The molecule has 0 aliphatic heterocycles. The first-order valence-corrected chi connectivity index (χ1v) is 5.28. The van der Waals surface area contributed by atoms with Gasteiger partial charge in [-0.3, -0.25) is 15.2 Å². The highest BCUT2D eigenvalue weighted by Crippen LogP contribution is 2.26. The number of hydrogen-bond acceptors (Lipinski definition) is 5. The zero-order chi connectivity index (χ0) is 14.8. The van der Waals surface area contributed by atoms with Gasteiger partial charge in [0.05, 0.1) is 0 Å². The number of aromatic nitrogens is 3. The van der Waals surface area contributed by atoms with E-state index < -0.39 is 23.9 Å². The molecule has 0 aromatic carbocycles. The van der Waals surface area contributed by atoms with Gasteiger partial charge in [0.2, 0.25) is 11.8 Å². The zero-order valence-electron chi connectivity index (χ0n) is 10.1. The van der Waals surface area contributed by atoms with Crippen molar-refractivity contribution in [2.75, 3.05) is 12.4 Å². The van der Waals surface area contributed by atoms with Gasteiger partial charge in [0, 0.05) is 7.11 Å². The van der Waals surface area contributed by atoms with Crippen LogP contribution >= 0.6 is 0 Å². The number of nitrogens with one attached hydrogen (secondary N) is 2. The average Bonchev–Trinajstić information content (AvgIpc) is 2.97. The number of nitrogens with zero attached hydrogens (tertiary/aromatic N) is 2. The van der Waals surface area contributed by atoms with Crippen molar-refractivity contribution in [3.05, 3.63) is 29.5 Å². The van der Waals surface area contributed by atoms with Crippen molar-refractivity contribution in [2.45, 2.75) is 12.8 Å². The van der Waals surface area contributed by atoms with Gasteiger partial charge in [-0.05, 0) is 12.1 Å². The fourth-order valence-corrected chi connectivity index (χ4v) is 1.33. The molecule has 2 N–H and O–H groups in total. The predicted molar refractivity (Wildman–Crippen MR) is 58.8 cm³/mol. The summed E-state index contributed by atoms with van der Waals surface area (Å²) in [6.45, 7) is 0.173. The Bertz CT molecular complexity index is 605. The maximum Gasteiger partial charge on any atom is 0.451 e. The monoisotopic (exact) mass is 290 g/mol. The number of amides is 1. The van der Waals surface area contributed by atoms with Crippen LogP contribution in [0.15, 0.2) is 16.5 Å². The highest BCUT2D eigenvalue weighted by atomic mass is 19.4. The number of methoxy groups -OCH3 is 1. The van der Waals surface area contributed by atoms with E-state index in [-0.39, 0.29) is 12.4 Å². The van der Waals surface area contributed by atoms with E-state index in [0.717, 1.165) is 0 Å². The van der Waals surface area contributed by atoms with Crippen LogP contribution in [0.2, 0.25) is 0 Å². The lowest BCUT2D eigenvalue weighted by Gasteiger charge is -1.99. The Balaban J connectivity index is 2.05. The number of anilines is 1. The number of halogens is 3. The van der Waals surface area contributed by atoms with Crippen molar-refractivity contribution in [3.8, 4) is 0 Å². The molecule has 0 atom stereocenters. The van der Waals surface area contributed by atoms with Crippen molar-refractivity contribution in [1.82, 2.24) is 15.2 Å². The van der Waals surface area contributed by atoms with Gasteiger partial charge in [0.25, 0.3) is 5.91 Å². The number of furan rings is 1. The van der Waals surface area contributed by atoms with E-state index in [9.17, 15) is 18.0 Å². The Hall–Kier alpha value is -2.36. The maximum absolute atomic E-state index is 12.3. The van der Waals surface area contributed by atoms with E-state index in [4.69, 9.17) is 9.15 Å². The van der Waals surface area contributed by atoms with Crippen molar-refractivity contribution in [2.24, 2.45) is 0 Å². The van der Waals surface area contributed by atoms with E-state index in [2.05, 4.69) is 15.4 Å². The fraction of sp³-hybridized carbons (Fsp3) is 0.300. The van der Waals surface area contributed by atoms with E-state index in [0.29, 0.717) is 5.76 Å². The molecule has 0 aliphatic rings. The van der Waals surface area contributed by atoms with E-state index >= 15 is 0 Å². The van der Waals surface area contributed by atoms with Crippen LogP contribution in [0.1, 0.15) is 22.1 Å². The summed E-state index contributed by atoms with van der Waals surface area (Å²) in [5, 5.41) is 6.99. The number of rotatable bonds is 4. The van der Waals surface area contributed by atoms with Crippen LogP contribution in [0.4, 0.5) is 19.1 Å². The van der Waals surface area contributed by atoms with Gasteiger partial charge in [-0.15, -0.1) is 5.10 Å². The third-order valence-electron chi connectivity index (χ3n) is 2.15. The summed E-state index contributed by atoms with van der Waals surface area (Å²) in [7, 11) is 1.45. The molecule has 0 unspecified atom stereocenters. The Kier molecular flexibility index (Phi) is 3.74. The number of H-pyrrole nitrogens is 1. The molecule has 0 aliphatic carbocycles. The summed E-state index contributed by atoms with van der Waals surface area (Å²) in [5.41, 5.74) is 0. The minimum atomic E-state index is -4.66. The van der Waals surface area contributed by atoms with Crippen LogP contribution in [-0.4, -0.2) is 28.2 Å². The standard InChI is InChI=1S/C10H9F3N4O3/c1-19-4-5-2-3-6(20-5)7(18)14-9-15-8(16-17-9)10(11,12)13/h2-3H,4H2,1H3,(H2,14,15,16,17,18). The number of carbonyl (C=O) groups is 1. The van der Waals surface area contributed by atoms with Gasteiger partial charge in [-0.1, -0.05) is 0 Å². The fourth-order valence-electron chi connectivity index (χ4n) is 1.33. The van der Waals surface area contributed by atoms with Crippen LogP contribution < -0.4 is 5.32 Å². The Morgan fingerprint density at radius 2 is 2.25 bits per heavy atom. The molecule has 1 amide bonds. The molecular weight excluding hydrogens is 281 g/mol. The quantitative estimate of drug-likeness (QED) is 0.895. The minimum absolute atomic E-state index is 0.0876. The number of hydrogen-bond donors (Lipinski definition) is 2. The smallest absolute Gasteiger partial charge is 0.451 e. The van der Waals surface area contributed by atoms with Crippen molar-refractivity contribution in [1.29, 1.82) is 0 Å². The normalized spacial score (nSPS) is 11.6. The molecule has 20 heavy (non-hydrogen) atoms. The molecule has 10 heteroatoms. The molecule has 0 bridgehead atoms. The molecule has 0 saturated carbocycles. The van der Waals surface area contributed by atoms with Crippen molar-refractivity contribution < 1.29 is 27.1 Å². The second kappa shape index (κ2) is 5.33. The molecular formula is C10H9F3N4O3. The van der Waals surface area contributed by atoms with Gasteiger partial charge < -0.3 is 9.15 Å². The third kappa shape index (κ3) is 3.15. The van der Waals surface area contributed by atoms with E-state index in [1.54, 1.807) is 5.10 Å². The molecule has 0 saturated heterocycles. The first-order chi connectivity index (χ1) is 9.40. The zero-order valence-corrected chi connectivity index (χ0v) is 10.1. The summed E-state index contributed by atoms with van der Waals surface area (Å²) in [5.74, 6) is -2.24. The maximum atomic E-state index is 12.3. The van der Waals surface area contributed by atoms with Crippen molar-refractivity contribution >= 4 is 11.9 Å². The van der Waals surface area contributed by atoms with Crippen LogP contribution in [-0.2, 0) is 17.5 Å². The second-order valence-electron chi connectivity index (χ2n) is 3.66. The van der Waals surface area contributed by atoms with Gasteiger partial charge in [0.1, 0.15) is 12.4 Å². The largest absolute Gasteiger partial charge is 0.453 e. The Morgan fingerprint density at radius 1 is 1.50 bits per heavy atom. The molecule has 108 valence electrons. The number of alkyl halides is 3. The molecule has 0 spiro atoms. The summed E-state index contributed by atoms with van der Waals surface area (Å²) in [6, 6.07) is 2.87. The molecule has 0 fully saturated rings. The minimum Gasteiger partial charge on any atom is -0.453 e. The summed E-state index contributed by atoms with van der Waals surface area (Å²) < 4.78 is 46.7. The van der Waals surface area contributed by atoms with Crippen LogP contribution in [0.5, 0.6) is 0 Å². The molecule has 2 aromatic rings. The number of ether oxygens (including phenoxy) is 1. The Morgan fingerprint density at radius 3 is 2.85 bits per heavy atom. The molecule has 2 heterocycles. The Labute approximate surface area is 110 Å². The first kappa shape index (κ1) is 14.1. The van der Waals surface area contributed by atoms with Gasteiger partial charge in [0.15, 0.2) is 5.76 Å². The average molecular weight is 290 g/mol. The van der Waals surface area contributed by atoms with Gasteiger partial charge in [-0.25, -0.2) is 0 Å². The molecule has 2 rings (SSSR count). The SMILES string of the molecule is COCc1ccc(C(=O)Nc2n[nH]c(C(F)(F)F)n2)o1. The lowest BCUT2D eigenvalue weighted by molar-refractivity contribution is -0.144. The lowest BCUT2D eigenvalue weighted by Crippen LogP contribution is -2.12. The number of aromatic amines is 1. The first-order valence-electron chi connectivity index (χ1n) is 5.28. The predicted octanol–water partition coefficient (Wildman–Crippen LogP) is 1.82.